The minimum absolute atomic E-state index is 0. The Labute approximate surface area is 509 Å². The molecule has 86 heavy (non-hydrogen) atoms. The molecule has 10 heterocycles. The summed E-state index contributed by atoms with van der Waals surface area (Å²) in [5.41, 5.74) is 0. The summed E-state index contributed by atoms with van der Waals surface area (Å²) < 4.78 is 61.5. The van der Waals surface area contributed by atoms with Crippen molar-refractivity contribution >= 4 is 0 Å². The summed E-state index contributed by atoms with van der Waals surface area (Å²) in [6.07, 6.45) is 29.6. The highest BCUT2D eigenvalue weighted by atomic mass is 19.2. The van der Waals surface area contributed by atoms with Crippen LogP contribution in [-0.4, -0.2) is 134 Å². The summed E-state index contributed by atoms with van der Waals surface area (Å²) in [4.78, 5) is 0. The first-order valence-corrected chi connectivity index (χ1v) is 36.0. The third-order valence-electron chi connectivity index (χ3n) is 27.7. The van der Waals surface area contributed by atoms with E-state index >= 15 is 8.78 Å². The monoisotopic (exact) mass is 1210 g/mol. The molecule has 28 atom stereocenters. The first kappa shape index (κ1) is 61.2. The maximum atomic E-state index is 15.8. The van der Waals surface area contributed by atoms with Crippen LogP contribution < -0.4 is 85.1 Å². The van der Waals surface area contributed by atoms with Crippen LogP contribution in [0, 0.1) is 94.7 Å². The Morgan fingerprint density at radius 1 is 0.151 bits per heavy atom. The summed E-state index contributed by atoms with van der Waals surface area (Å²) >= 11 is 0. The molecule has 0 amide bonds. The molecule has 18 aliphatic rings. The number of rotatable bonds is 0. The van der Waals surface area contributed by atoms with Crippen LogP contribution in [0.3, 0.4) is 0 Å². The maximum Gasteiger partial charge on any atom is 0.165 e. The minimum Gasteiger partial charge on any atom is -0.412 e. The fourth-order valence-corrected chi connectivity index (χ4v) is 23.9. The van der Waals surface area contributed by atoms with Gasteiger partial charge in [0.1, 0.15) is 12.3 Å². The maximum absolute atomic E-state index is 15.8. The molecule has 10 aliphatic heterocycles. The van der Waals surface area contributed by atoms with Crippen LogP contribution in [0.4, 0.5) is 17.6 Å². The SMILES string of the molecule is C1CCC2C3NC(NC4NC(NC5NC(NC6NC(N3)C3CCCCC63)C3CCCCC53)C3CCCCC43)C2C1.FC1C(F)C(F)C2C3NC4NC(NC5NC(NC6NC(NC(N3)C2C1F)C1CCCCC61)C1CCCCC51)C1CCCCC41.O.O. The zero-order chi connectivity index (χ0) is 55.9. The van der Waals surface area contributed by atoms with Crippen molar-refractivity contribution in [2.24, 2.45) is 94.7 Å². The van der Waals surface area contributed by atoms with Gasteiger partial charge >= 0.3 is 0 Å². The molecular formula is C64H112F4N16O2. The van der Waals surface area contributed by atoms with Crippen LogP contribution in [0.2, 0.25) is 0 Å². The Hall–Kier alpha value is -1.00. The van der Waals surface area contributed by atoms with Gasteiger partial charge in [0.25, 0.3) is 0 Å². The fourth-order valence-electron chi connectivity index (χ4n) is 23.9. The lowest BCUT2D eigenvalue weighted by Gasteiger charge is -2.41. The van der Waals surface area contributed by atoms with Crippen LogP contribution >= 0.6 is 0 Å². The van der Waals surface area contributed by atoms with Crippen molar-refractivity contribution in [1.82, 2.24) is 85.1 Å². The normalized spacial score (nSPS) is 57.6. The molecule has 18 fully saturated rings. The number of hydrogen-bond acceptors (Lipinski definition) is 16. The summed E-state index contributed by atoms with van der Waals surface area (Å²) in [5.74, 6) is 6.60. The molecule has 22 heteroatoms. The molecule has 0 aromatic carbocycles. The molecule has 8 saturated carbocycles. The van der Waals surface area contributed by atoms with Crippen molar-refractivity contribution in [2.45, 2.75) is 303 Å². The number of halogens is 4. The van der Waals surface area contributed by atoms with Gasteiger partial charge in [-0.3, -0.25) is 85.1 Å². The lowest BCUT2D eigenvalue weighted by molar-refractivity contribution is -0.0799. The molecule has 8 aliphatic carbocycles. The predicted molar refractivity (Wildman–Crippen MR) is 323 cm³/mol. The van der Waals surface area contributed by atoms with Crippen molar-refractivity contribution in [1.29, 1.82) is 0 Å². The topological polar surface area (TPSA) is 255 Å². The van der Waals surface area contributed by atoms with Crippen LogP contribution in [0.1, 0.15) is 180 Å². The van der Waals surface area contributed by atoms with Crippen LogP contribution in [0.15, 0.2) is 0 Å². The number of alkyl halides is 4. The van der Waals surface area contributed by atoms with E-state index in [1.54, 1.807) is 0 Å². The highest BCUT2D eigenvalue weighted by molar-refractivity contribution is 5.15. The molecule has 20 N–H and O–H groups in total. The van der Waals surface area contributed by atoms with Gasteiger partial charge in [-0.1, -0.05) is 89.9 Å². The van der Waals surface area contributed by atoms with Gasteiger partial charge in [0.05, 0.1) is 98.7 Å². The molecule has 0 aromatic heterocycles. The van der Waals surface area contributed by atoms with Crippen LogP contribution in [-0.2, 0) is 0 Å². The molecule has 28 unspecified atom stereocenters. The van der Waals surface area contributed by atoms with E-state index < -0.39 is 48.9 Å². The second kappa shape index (κ2) is 25.4. The van der Waals surface area contributed by atoms with E-state index in [9.17, 15) is 8.78 Å². The van der Waals surface area contributed by atoms with Crippen molar-refractivity contribution in [3.05, 3.63) is 0 Å². The van der Waals surface area contributed by atoms with Gasteiger partial charge in [0.15, 0.2) is 12.3 Å². The highest BCUT2D eigenvalue weighted by Gasteiger charge is 2.64. The summed E-state index contributed by atoms with van der Waals surface area (Å²) in [7, 11) is 0. The third kappa shape index (κ3) is 10.7. The van der Waals surface area contributed by atoms with Gasteiger partial charge < -0.3 is 11.0 Å². The van der Waals surface area contributed by atoms with Gasteiger partial charge in [0.2, 0.25) is 0 Å². The molecule has 488 valence electrons. The fraction of sp³-hybridized carbons (Fsp3) is 1.00. The Balaban J connectivity index is 0.000000143. The molecule has 0 radical (unpaired) electrons. The summed E-state index contributed by atoms with van der Waals surface area (Å²) in [5, 5.41) is 64.4. The van der Waals surface area contributed by atoms with Crippen molar-refractivity contribution in [3.63, 3.8) is 0 Å². The van der Waals surface area contributed by atoms with Crippen molar-refractivity contribution in [2.75, 3.05) is 0 Å². The van der Waals surface area contributed by atoms with E-state index in [0.717, 1.165) is 85.9 Å². The highest BCUT2D eigenvalue weighted by Crippen LogP contribution is 2.50. The Bertz CT molecular complexity index is 2010. The molecule has 16 bridgehead atoms. The third-order valence-corrected chi connectivity index (χ3v) is 27.7. The molecule has 0 spiro atoms. The Morgan fingerprint density at radius 3 is 0.384 bits per heavy atom. The van der Waals surface area contributed by atoms with Gasteiger partial charge in [-0.15, -0.1) is 0 Å². The predicted octanol–water partition coefficient (Wildman–Crippen LogP) is 3.35. The number of nitrogens with one attached hydrogen (secondary N) is 16. The van der Waals surface area contributed by atoms with Crippen LogP contribution in [0.25, 0.3) is 0 Å². The molecular weight excluding hydrogens is 1100 g/mol. The quantitative estimate of drug-likeness (QED) is 0.155. The van der Waals surface area contributed by atoms with Crippen molar-refractivity contribution in [3.8, 4) is 0 Å². The zero-order valence-electron chi connectivity index (χ0n) is 51.1. The standard InChI is InChI=1S/C32H52F4N8.C32H56N8.2H2O/c33-21-19-20(22(34)24(36)23(21)35)32-43-30-18-12-6-4-10-16(18)28(41-30)39-26-14-8-2-1-7-13(14)25(37-26)38-27-15-9-3-5-11-17(15)29(40-27)42-31(19)44-32;1-2-10-18-17(9-1)25-33-26(18)38-28-21-13-5-6-14-22(21)30(35-28)40-32-24-16-8-7-15-23(24)31(36-32)39-29-20-12-4-3-11-19(20)27(34-29)37-25;;/h13-32,37-44H,1-12H2;17-40H,1-16H2;2*1H2. The second-order valence-electron chi connectivity index (χ2n) is 31.5. The first-order chi connectivity index (χ1) is 41.3. The molecule has 0 aromatic rings. The molecule has 18 nitrogen and oxygen atoms in total. The smallest absolute Gasteiger partial charge is 0.165 e. The van der Waals surface area contributed by atoms with Crippen molar-refractivity contribution < 1.29 is 28.5 Å². The molecule has 18 rings (SSSR count). The van der Waals surface area contributed by atoms with Gasteiger partial charge in [0, 0.05) is 11.8 Å². The van der Waals surface area contributed by atoms with Crippen LogP contribution in [0.5, 0.6) is 0 Å². The van der Waals surface area contributed by atoms with Gasteiger partial charge in [-0.2, -0.15) is 0 Å². The average molecular weight is 1210 g/mol. The minimum atomic E-state index is -2.45. The first-order valence-electron chi connectivity index (χ1n) is 36.0. The lowest BCUT2D eigenvalue weighted by atomic mass is 9.74. The van der Waals surface area contributed by atoms with Gasteiger partial charge in [-0.05, 0) is 173 Å². The van der Waals surface area contributed by atoms with E-state index in [0.29, 0.717) is 84.8 Å². The number of fused-ring (bicyclic) bond motifs is 40. The lowest BCUT2D eigenvalue weighted by Crippen LogP contribution is -2.62. The molecule has 10 saturated heterocycles. The van der Waals surface area contributed by atoms with E-state index in [1.165, 1.54) is 141 Å². The summed E-state index contributed by atoms with van der Waals surface area (Å²) in [6.45, 7) is 0. The van der Waals surface area contributed by atoms with Gasteiger partial charge in [-0.25, -0.2) is 17.6 Å². The average Bonchev–Trinajstić information content (AvgIpc) is 2.06. The van der Waals surface area contributed by atoms with E-state index in [-0.39, 0.29) is 47.9 Å². The van der Waals surface area contributed by atoms with E-state index in [2.05, 4.69) is 85.1 Å². The Morgan fingerprint density at radius 2 is 0.256 bits per heavy atom. The van der Waals surface area contributed by atoms with E-state index in [4.69, 9.17) is 0 Å². The Kier molecular flexibility index (Phi) is 18.1. The summed E-state index contributed by atoms with van der Waals surface area (Å²) in [6, 6.07) is 0. The zero-order valence-corrected chi connectivity index (χ0v) is 51.1. The van der Waals surface area contributed by atoms with E-state index in [1.807, 2.05) is 0 Å². The second-order valence-corrected chi connectivity index (χ2v) is 31.5. The number of hydrogen-bond donors (Lipinski definition) is 16. The largest absolute Gasteiger partial charge is 0.412 e.